The van der Waals surface area contributed by atoms with Crippen LogP contribution in [-0.4, -0.2) is 45.3 Å². The normalized spacial score (nSPS) is 15.3. The number of benzene rings is 2. The van der Waals surface area contributed by atoms with E-state index in [0.717, 1.165) is 17.7 Å². The number of hydrogen-bond acceptors (Lipinski definition) is 5. The number of halogens is 3. The molecule has 2 aromatic carbocycles. The molecule has 8 heteroatoms. The molecule has 33 heavy (non-hydrogen) atoms. The van der Waals surface area contributed by atoms with E-state index in [0.29, 0.717) is 42.5 Å². The minimum Gasteiger partial charge on any atom is -0.469 e. The first-order valence-electron chi connectivity index (χ1n) is 11.3. The summed E-state index contributed by atoms with van der Waals surface area (Å²) in [6.45, 7) is 2.76. The summed E-state index contributed by atoms with van der Waals surface area (Å²) in [5.41, 5.74) is 3.16. The van der Waals surface area contributed by atoms with Crippen LogP contribution in [0.2, 0.25) is 5.02 Å². The third-order valence-electron chi connectivity index (χ3n) is 6.02. The van der Waals surface area contributed by atoms with Crippen LogP contribution in [0.15, 0.2) is 42.5 Å². The molecule has 1 atom stereocenters. The summed E-state index contributed by atoms with van der Waals surface area (Å²) in [4.78, 5) is 13.7. The van der Waals surface area contributed by atoms with Gasteiger partial charge in [-0.25, -0.2) is 8.78 Å². The number of nitrogens with one attached hydrogen (secondary N) is 1. The summed E-state index contributed by atoms with van der Waals surface area (Å²) >= 11 is 6.03. The quantitative estimate of drug-likeness (QED) is 0.399. The minimum atomic E-state index is -2.47. The molecule has 1 N–H and O–H groups in total. The number of carbonyl (C=O) groups excluding carboxylic acids is 1. The third kappa shape index (κ3) is 7.05. The van der Waals surface area contributed by atoms with Crippen molar-refractivity contribution in [1.29, 1.82) is 0 Å². The molecule has 0 aromatic heterocycles. The Bertz CT molecular complexity index is 905. The second-order valence-corrected chi connectivity index (χ2v) is 8.62. The zero-order valence-corrected chi connectivity index (χ0v) is 19.8. The highest BCUT2D eigenvalue weighted by molar-refractivity contribution is 6.30. The predicted molar refractivity (Wildman–Crippen MR) is 128 cm³/mol. The average molecular weight is 481 g/mol. The van der Waals surface area contributed by atoms with E-state index in [9.17, 15) is 13.6 Å². The second-order valence-electron chi connectivity index (χ2n) is 8.18. The van der Waals surface area contributed by atoms with Crippen molar-refractivity contribution >= 4 is 34.6 Å². The predicted octanol–water partition coefficient (Wildman–Crippen LogP) is 6.39. The van der Waals surface area contributed by atoms with Gasteiger partial charge in [0.1, 0.15) is 0 Å². The lowest BCUT2D eigenvalue weighted by Crippen LogP contribution is -2.42. The molecule has 1 fully saturated rings. The molecule has 3 rings (SSSR count). The van der Waals surface area contributed by atoms with Crippen LogP contribution in [0.4, 0.5) is 25.8 Å². The summed E-state index contributed by atoms with van der Waals surface area (Å²) in [6.07, 6.45) is -0.0920. The number of carbonyl (C=O) groups is 1. The second kappa shape index (κ2) is 12.2. The number of esters is 1. The van der Waals surface area contributed by atoms with Crippen LogP contribution >= 0.6 is 11.6 Å². The molecular weight excluding hydrogens is 450 g/mol. The number of ether oxygens (including phenoxy) is 2. The van der Waals surface area contributed by atoms with Gasteiger partial charge in [-0.15, -0.1) is 0 Å². The van der Waals surface area contributed by atoms with E-state index < -0.39 is 6.43 Å². The van der Waals surface area contributed by atoms with Gasteiger partial charge in [-0.2, -0.15) is 0 Å². The van der Waals surface area contributed by atoms with Gasteiger partial charge in [0.05, 0.1) is 31.5 Å². The van der Waals surface area contributed by atoms with Crippen molar-refractivity contribution in [2.24, 2.45) is 0 Å². The number of rotatable bonds is 10. The molecular formula is C25H31ClF2N2O3. The highest BCUT2D eigenvalue weighted by atomic mass is 35.5. The number of alkyl halides is 2. The van der Waals surface area contributed by atoms with E-state index >= 15 is 0 Å². The molecule has 1 aliphatic heterocycles. The van der Waals surface area contributed by atoms with Crippen molar-refractivity contribution in [3.05, 3.63) is 53.1 Å². The maximum absolute atomic E-state index is 13.6. The van der Waals surface area contributed by atoms with Gasteiger partial charge in [-0.05, 0) is 67.1 Å². The summed E-state index contributed by atoms with van der Waals surface area (Å²) in [7, 11) is 1.38. The SMILES string of the molecule is CCC(CC(=O)OC)c1ccc(N(CC(F)F)C2CCOCC2)c(Nc2ccc(Cl)cc2)c1. The first-order chi connectivity index (χ1) is 15.9. The Labute approximate surface area is 199 Å². The summed E-state index contributed by atoms with van der Waals surface area (Å²) in [6, 6.07) is 13.0. The molecule has 180 valence electrons. The molecule has 0 amide bonds. The van der Waals surface area contributed by atoms with Gasteiger partial charge in [0, 0.05) is 30.0 Å². The molecule has 0 saturated carbocycles. The minimum absolute atomic E-state index is 0.0381. The summed E-state index contributed by atoms with van der Waals surface area (Å²) < 4.78 is 37.5. The zero-order valence-electron chi connectivity index (χ0n) is 19.0. The monoisotopic (exact) mass is 480 g/mol. The van der Waals surface area contributed by atoms with Crippen molar-refractivity contribution in [3.8, 4) is 0 Å². The first-order valence-corrected chi connectivity index (χ1v) is 11.6. The van der Waals surface area contributed by atoms with Crippen molar-refractivity contribution in [2.75, 3.05) is 37.1 Å². The molecule has 1 unspecified atom stereocenters. The molecule has 0 radical (unpaired) electrons. The van der Waals surface area contributed by atoms with Crippen LogP contribution in [0.5, 0.6) is 0 Å². The number of nitrogens with zero attached hydrogens (tertiary/aromatic N) is 1. The summed E-state index contributed by atoms with van der Waals surface area (Å²) in [5, 5.41) is 4.00. The average Bonchev–Trinajstić information content (AvgIpc) is 2.83. The van der Waals surface area contributed by atoms with Crippen LogP contribution in [0.3, 0.4) is 0 Å². The van der Waals surface area contributed by atoms with Crippen LogP contribution in [0.25, 0.3) is 0 Å². The molecule has 1 saturated heterocycles. The number of methoxy groups -OCH3 is 1. The maximum Gasteiger partial charge on any atom is 0.306 e. The largest absolute Gasteiger partial charge is 0.469 e. The van der Waals surface area contributed by atoms with Gasteiger partial charge in [-0.3, -0.25) is 4.79 Å². The Morgan fingerprint density at radius 1 is 1.21 bits per heavy atom. The Morgan fingerprint density at radius 2 is 1.91 bits per heavy atom. The van der Waals surface area contributed by atoms with Crippen LogP contribution in [0, 0.1) is 0 Å². The smallest absolute Gasteiger partial charge is 0.306 e. The molecule has 2 aromatic rings. The Morgan fingerprint density at radius 3 is 2.52 bits per heavy atom. The van der Waals surface area contributed by atoms with Crippen LogP contribution < -0.4 is 10.2 Å². The Hall–Kier alpha value is -2.38. The topological polar surface area (TPSA) is 50.8 Å². The zero-order chi connectivity index (χ0) is 23.8. The lowest BCUT2D eigenvalue weighted by molar-refractivity contribution is -0.141. The van der Waals surface area contributed by atoms with E-state index in [4.69, 9.17) is 21.1 Å². The first kappa shape index (κ1) is 25.2. The number of hydrogen-bond donors (Lipinski definition) is 1. The van der Waals surface area contributed by atoms with Gasteiger partial charge in [0.25, 0.3) is 6.43 Å². The van der Waals surface area contributed by atoms with E-state index in [1.807, 2.05) is 37.3 Å². The fourth-order valence-electron chi connectivity index (χ4n) is 4.22. The third-order valence-corrected chi connectivity index (χ3v) is 6.28. The highest BCUT2D eigenvalue weighted by Crippen LogP contribution is 2.37. The highest BCUT2D eigenvalue weighted by Gasteiger charge is 2.27. The van der Waals surface area contributed by atoms with Crippen molar-refractivity contribution in [1.82, 2.24) is 0 Å². The molecule has 0 spiro atoms. The maximum atomic E-state index is 13.6. The van der Waals surface area contributed by atoms with Crippen LogP contribution in [-0.2, 0) is 14.3 Å². The fraction of sp³-hybridized carbons (Fsp3) is 0.480. The van der Waals surface area contributed by atoms with E-state index in [-0.39, 0.29) is 30.9 Å². The fourth-order valence-corrected chi connectivity index (χ4v) is 4.34. The molecule has 1 aliphatic rings. The molecule has 0 bridgehead atoms. The Balaban J connectivity index is 2.02. The van der Waals surface area contributed by atoms with E-state index in [1.165, 1.54) is 7.11 Å². The van der Waals surface area contributed by atoms with E-state index in [1.54, 1.807) is 17.0 Å². The summed E-state index contributed by atoms with van der Waals surface area (Å²) in [5.74, 6) is -0.316. The van der Waals surface area contributed by atoms with Gasteiger partial charge in [-0.1, -0.05) is 24.6 Å². The standard InChI is InChI=1S/C25H31ClF2N2O3/c1-3-17(15-25(31)32-2)18-4-9-23(22(14-18)29-20-7-5-19(26)6-8-20)30(16-24(27)28)21-10-12-33-13-11-21/h4-9,14,17,21,24,29H,3,10-13,15-16H2,1-2H3. The lowest BCUT2D eigenvalue weighted by Gasteiger charge is -2.37. The molecule has 1 heterocycles. The van der Waals surface area contributed by atoms with Gasteiger partial charge in [0.15, 0.2) is 0 Å². The van der Waals surface area contributed by atoms with E-state index in [2.05, 4.69) is 5.32 Å². The van der Waals surface area contributed by atoms with Gasteiger partial charge in [0.2, 0.25) is 0 Å². The Kier molecular flexibility index (Phi) is 9.32. The van der Waals surface area contributed by atoms with Gasteiger partial charge < -0.3 is 19.7 Å². The number of anilines is 3. The lowest BCUT2D eigenvalue weighted by atomic mass is 9.92. The van der Waals surface area contributed by atoms with Crippen LogP contribution in [0.1, 0.15) is 44.1 Å². The van der Waals surface area contributed by atoms with Gasteiger partial charge >= 0.3 is 5.97 Å². The van der Waals surface area contributed by atoms with Crippen molar-refractivity contribution in [2.45, 2.75) is 51.0 Å². The van der Waals surface area contributed by atoms with Crippen molar-refractivity contribution in [3.63, 3.8) is 0 Å². The molecule has 5 nitrogen and oxygen atoms in total. The molecule has 0 aliphatic carbocycles. The van der Waals surface area contributed by atoms with Crippen molar-refractivity contribution < 1.29 is 23.0 Å².